The maximum atomic E-state index is 13.0. The van der Waals surface area contributed by atoms with Crippen molar-refractivity contribution in [1.82, 2.24) is 10.2 Å². The summed E-state index contributed by atoms with van der Waals surface area (Å²) in [5, 5.41) is 2.77. The maximum Gasteiger partial charge on any atom is 0.251 e. The van der Waals surface area contributed by atoms with E-state index in [0.29, 0.717) is 13.0 Å². The van der Waals surface area contributed by atoms with E-state index in [1.807, 2.05) is 13.8 Å². The van der Waals surface area contributed by atoms with Gasteiger partial charge in [-0.3, -0.25) is 9.59 Å². The van der Waals surface area contributed by atoms with E-state index in [-0.39, 0.29) is 29.5 Å². The van der Waals surface area contributed by atoms with Crippen LogP contribution in [-0.2, 0) is 4.79 Å². The van der Waals surface area contributed by atoms with Crippen LogP contribution in [0.5, 0.6) is 0 Å². The fourth-order valence-corrected chi connectivity index (χ4v) is 2.23. The van der Waals surface area contributed by atoms with Crippen molar-refractivity contribution in [3.8, 4) is 0 Å². The number of nitrogens with zero attached hydrogens (tertiary/aromatic N) is 1. The first-order valence-corrected chi connectivity index (χ1v) is 6.33. The van der Waals surface area contributed by atoms with E-state index in [0.717, 1.165) is 0 Å². The summed E-state index contributed by atoms with van der Waals surface area (Å²) in [6.45, 7) is 4.39. The van der Waals surface area contributed by atoms with E-state index in [1.165, 1.54) is 18.2 Å². The minimum atomic E-state index is -0.445. The zero-order chi connectivity index (χ0) is 14.0. The molecule has 2 rings (SSSR count). The molecule has 1 saturated heterocycles. The molecule has 5 heteroatoms. The van der Waals surface area contributed by atoms with Crippen LogP contribution in [0.4, 0.5) is 4.39 Å². The number of hydrogen-bond acceptors (Lipinski definition) is 2. The first kappa shape index (κ1) is 13.5. The fraction of sp³-hybridized carbons (Fsp3) is 0.429. The lowest BCUT2D eigenvalue weighted by Gasteiger charge is -2.21. The van der Waals surface area contributed by atoms with Crippen LogP contribution < -0.4 is 5.32 Å². The number of carbonyl (C=O) groups excluding carboxylic acids is 2. The van der Waals surface area contributed by atoms with E-state index in [1.54, 1.807) is 11.0 Å². The molecule has 1 aliphatic rings. The van der Waals surface area contributed by atoms with Crippen molar-refractivity contribution in [3.63, 3.8) is 0 Å². The largest absolute Gasteiger partial charge is 0.347 e. The Kier molecular flexibility index (Phi) is 3.83. The number of halogens is 1. The van der Waals surface area contributed by atoms with Gasteiger partial charge in [0.1, 0.15) is 5.82 Å². The van der Waals surface area contributed by atoms with Gasteiger partial charge in [0, 0.05) is 24.6 Å². The number of hydrogen-bond donors (Lipinski definition) is 1. The van der Waals surface area contributed by atoms with Crippen LogP contribution in [0.25, 0.3) is 0 Å². The van der Waals surface area contributed by atoms with Crippen LogP contribution in [0.3, 0.4) is 0 Å². The highest BCUT2D eigenvalue weighted by Gasteiger charge is 2.32. The first-order chi connectivity index (χ1) is 8.97. The van der Waals surface area contributed by atoms with E-state index >= 15 is 0 Å². The molecule has 1 N–H and O–H groups in total. The first-order valence-electron chi connectivity index (χ1n) is 6.33. The second-order valence-electron chi connectivity index (χ2n) is 5.02. The topological polar surface area (TPSA) is 49.4 Å². The normalized spacial score (nSPS) is 19.1. The van der Waals surface area contributed by atoms with Gasteiger partial charge in [-0.25, -0.2) is 4.39 Å². The molecule has 1 fully saturated rings. The molecule has 1 heterocycles. The van der Waals surface area contributed by atoms with Gasteiger partial charge in [-0.2, -0.15) is 0 Å². The number of benzene rings is 1. The van der Waals surface area contributed by atoms with Crippen molar-refractivity contribution >= 4 is 11.8 Å². The Balaban J connectivity index is 1.99. The Morgan fingerprint density at radius 3 is 2.79 bits per heavy atom. The molecule has 1 aromatic rings. The Morgan fingerprint density at radius 1 is 1.47 bits per heavy atom. The van der Waals surface area contributed by atoms with E-state index in [2.05, 4.69) is 5.32 Å². The lowest BCUT2D eigenvalue weighted by Crippen LogP contribution is -2.38. The Labute approximate surface area is 111 Å². The molecule has 1 unspecified atom stereocenters. The smallest absolute Gasteiger partial charge is 0.251 e. The highest BCUT2D eigenvalue weighted by atomic mass is 19.1. The number of likely N-dealkylation sites (tertiary alicyclic amines) is 1. The monoisotopic (exact) mass is 264 g/mol. The number of rotatable bonds is 3. The summed E-state index contributed by atoms with van der Waals surface area (Å²) in [6, 6.07) is 5.44. The van der Waals surface area contributed by atoms with Gasteiger partial charge in [0.25, 0.3) is 5.91 Å². The molecular weight excluding hydrogens is 247 g/mol. The zero-order valence-electron chi connectivity index (χ0n) is 11.0. The van der Waals surface area contributed by atoms with Crippen molar-refractivity contribution in [2.24, 2.45) is 0 Å². The SMILES string of the molecule is CC(C)N1CC(NC(=O)c2cccc(F)c2)CC1=O. The molecular formula is C14H17FN2O2. The van der Waals surface area contributed by atoms with Crippen molar-refractivity contribution in [2.45, 2.75) is 32.4 Å². The number of amides is 2. The van der Waals surface area contributed by atoms with Gasteiger partial charge in [0.05, 0.1) is 6.04 Å². The Hall–Kier alpha value is -1.91. The third-order valence-corrected chi connectivity index (χ3v) is 3.20. The second-order valence-corrected chi connectivity index (χ2v) is 5.02. The van der Waals surface area contributed by atoms with Gasteiger partial charge in [0.2, 0.25) is 5.91 Å². The highest BCUT2D eigenvalue weighted by Crippen LogP contribution is 2.15. The quantitative estimate of drug-likeness (QED) is 0.900. The lowest BCUT2D eigenvalue weighted by atomic mass is 10.2. The minimum absolute atomic E-state index is 0.0412. The molecule has 4 nitrogen and oxygen atoms in total. The summed E-state index contributed by atoms with van der Waals surface area (Å²) in [6.07, 6.45) is 0.305. The molecule has 0 radical (unpaired) electrons. The molecule has 0 aromatic heterocycles. The summed E-state index contributed by atoms with van der Waals surface area (Å²) in [4.78, 5) is 25.4. The lowest BCUT2D eigenvalue weighted by molar-refractivity contribution is -0.129. The predicted molar refractivity (Wildman–Crippen MR) is 69.1 cm³/mol. The average Bonchev–Trinajstić information content (AvgIpc) is 2.70. The number of nitrogens with one attached hydrogen (secondary N) is 1. The van der Waals surface area contributed by atoms with E-state index < -0.39 is 5.82 Å². The summed E-state index contributed by atoms with van der Waals surface area (Å²) in [5.74, 6) is -0.749. The molecule has 1 atom stereocenters. The van der Waals surface area contributed by atoms with Crippen LogP contribution in [0.15, 0.2) is 24.3 Å². The maximum absolute atomic E-state index is 13.0. The molecule has 0 spiro atoms. The minimum Gasteiger partial charge on any atom is -0.347 e. The second kappa shape index (κ2) is 5.38. The van der Waals surface area contributed by atoms with Crippen molar-refractivity contribution in [2.75, 3.05) is 6.54 Å². The summed E-state index contributed by atoms with van der Waals surface area (Å²) in [7, 11) is 0. The van der Waals surface area contributed by atoms with E-state index in [4.69, 9.17) is 0 Å². The number of carbonyl (C=O) groups is 2. The molecule has 1 aromatic carbocycles. The van der Waals surface area contributed by atoms with Crippen LogP contribution in [-0.4, -0.2) is 35.3 Å². The molecule has 0 saturated carbocycles. The van der Waals surface area contributed by atoms with Crippen LogP contribution in [0.1, 0.15) is 30.6 Å². The molecule has 0 bridgehead atoms. The van der Waals surface area contributed by atoms with Crippen molar-refractivity contribution in [3.05, 3.63) is 35.6 Å². The molecule has 102 valence electrons. The van der Waals surface area contributed by atoms with Gasteiger partial charge in [-0.05, 0) is 32.0 Å². The Morgan fingerprint density at radius 2 is 2.21 bits per heavy atom. The summed E-state index contributed by atoms with van der Waals surface area (Å²) < 4.78 is 13.0. The zero-order valence-corrected chi connectivity index (χ0v) is 11.0. The Bertz CT molecular complexity index is 502. The third-order valence-electron chi connectivity index (χ3n) is 3.20. The fourth-order valence-electron chi connectivity index (χ4n) is 2.23. The molecule has 19 heavy (non-hydrogen) atoms. The molecule has 1 aliphatic heterocycles. The average molecular weight is 264 g/mol. The van der Waals surface area contributed by atoms with Gasteiger partial charge in [-0.15, -0.1) is 0 Å². The summed E-state index contributed by atoms with van der Waals surface area (Å²) >= 11 is 0. The van der Waals surface area contributed by atoms with Crippen LogP contribution >= 0.6 is 0 Å². The van der Waals surface area contributed by atoms with Gasteiger partial charge < -0.3 is 10.2 Å². The summed E-state index contributed by atoms with van der Waals surface area (Å²) in [5.41, 5.74) is 0.274. The van der Waals surface area contributed by atoms with Crippen LogP contribution in [0.2, 0.25) is 0 Å². The molecule has 0 aliphatic carbocycles. The van der Waals surface area contributed by atoms with Gasteiger partial charge in [-0.1, -0.05) is 6.07 Å². The molecule has 2 amide bonds. The van der Waals surface area contributed by atoms with Crippen molar-refractivity contribution < 1.29 is 14.0 Å². The van der Waals surface area contributed by atoms with Crippen LogP contribution in [0, 0.1) is 5.82 Å². The highest BCUT2D eigenvalue weighted by molar-refractivity contribution is 5.95. The van der Waals surface area contributed by atoms with Gasteiger partial charge >= 0.3 is 0 Å². The van der Waals surface area contributed by atoms with Crippen molar-refractivity contribution in [1.29, 1.82) is 0 Å². The third kappa shape index (κ3) is 3.10. The van der Waals surface area contributed by atoms with E-state index in [9.17, 15) is 14.0 Å². The standard InChI is InChI=1S/C14H17FN2O2/c1-9(2)17-8-12(7-13(17)18)16-14(19)10-4-3-5-11(15)6-10/h3-6,9,12H,7-8H2,1-2H3,(H,16,19). The van der Waals surface area contributed by atoms with Gasteiger partial charge in [0.15, 0.2) is 0 Å². The predicted octanol–water partition coefficient (Wildman–Crippen LogP) is 1.56.